The molecular formula is C20H25BFNO5. The predicted octanol–water partition coefficient (Wildman–Crippen LogP) is 1.79. The molecule has 2 heterocycles. The van der Waals surface area contributed by atoms with Crippen molar-refractivity contribution in [3.8, 4) is 0 Å². The number of halogens is 1. The van der Waals surface area contributed by atoms with E-state index in [4.69, 9.17) is 9.31 Å². The molecule has 1 aromatic carbocycles. The van der Waals surface area contributed by atoms with Gasteiger partial charge in [0.15, 0.2) is 0 Å². The van der Waals surface area contributed by atoms with E-state index in [1.54, 1.807) is 12.1 Å². The standard InChI is InChI=1S/C20H25BFNO5/c1-18(2)19(3,4)28-21(27-18)13-7-6-12-15(16(13)22)20(8-9-20)11-23(17(12)25)10-14(24)26-5/h6-7H,8-11H2,1-5H3. The second-order valence-electron chi connectivity index (χ2n) is 9.00. The number of rotatable bonds is 3. The third-order valence-corrected chi connectivity index (χ3v) is 6.62. The number of carbonyl (C=O) groups excluding carboxylic acids is 2. The van der Waals surface area contributed by atoms with Gasteiger partial charge in [-0.25, -0.2) is 4.39 Å². The molecule has 0 aromatic heterocycles. The van der Waals surface area contributed by atoms with Crippen LogP contribution in [-0.2, 0) is 24.3 Å². The van der Waals surface area contributed by atoms with E-state index >= 15 is 4.39 Å². The summed E-state index contributed by atoms with van der Waals surface area (Å²) in [5, 5.41) is 0. The fraction of sp³-hybridized carbons (Fsp3) is 0.600. The summed E-state index contributed by atoms with van der Waals surface area (Å²) < 4.78 is 32.4. The third kappa shape index (κ3) is 2.77. The maximum Gasteiger partial charge on any atom is 0.497 e. The minimum absolute atomic E-state index is 0.128. The largest absolute Gasteiger partial charge is 0.497 e. The molecule has 150 valence electrons. The fourth-order valence-corrected chi connectivity index (χ4v) is 4.03. The molecule has 4 rings (SSSR count). The van der Waals surface area contributed by atoms with E-state index in [1.165, 1.54) is 12.0 Å². The molecule has 0 atom stereocenters. The first kappa shape index (κ1) is 19.4. The number of benzene rings is 1. The summed E-state index contributed by atoms with van der Waals surface area (Å²) in [6, 6.07) is 3.19. The van der Waals surface area contributed by atoms with Crippen LogP contribution in [0.25, 0.3) is 0 Å². The summed E-state index contributed by atoms with van der Waals surface area (Å²) in [5.41, 5.74) is -0.537. The maximum absolute atomic E-state index is 15.7. The van der Waals surface area contributed by atoms with Crippen molar-refractivity contribution in [1.29, 1.82) is 0 Å². The Morgan fingerprint density at radius 3 is 2.36 bits per heavy atom. The van der Waals surface area contributed by atoms with Crippen LogP contribution in [0, 0.1) is 5.82 Å². The Balaban J connectivity index is 1.72. The molecule has 1 saturated heterocycles. The molecule has 2 fully saturated rings. The van der Waals surface area contributed by atoms with Crippen LogP contribution in [0.15, 0.2) is 12.1 Å². The van der Waals surface area contributed by atoms with Gasteiger partial charge in [-0.05, 0) is 46.6 Å². The summed E-state index contributed by atoms with van der Waals surface area (Å²) in [5.74, 6) is -1.27. The maximum atomic E-state index is 15.7. The van der Waals surface area contributed by atoms with E-state index in [2.05, 4.69) is 4.74 Å². The Bertz CT molecular complexity index is 848. The molecule has 0 bridgehead atoms. The highest BCUT2D eigenvalue weighted by Gasteiger charge is 2.56. The van der Waals surface area contributed by atoms with Crippen molar-refractivity contribution in [1.82, 2.24) is 4.90 Å². The normalized spacial score (nSPS) is 23.7. The van der Waals surface area contributed by atoms with E-state index in [9.17, 15) is 9.59 Å². The lowest BCUT2D eigenvalue weighted by Gasteiger charge is -2.34. The minimum Gasteiger partial charge on any atom is -0.468 e. The topological polar surface area (TPSA) is 65.1 Å². The average molecular weight is 389 g/mol. The minimum atomic E-state index is -0.825. The number of fused-ring (bicyclic) bond motifs is 2. The van der Waals surface area contributed by atoms with Gasteiger partial charge in [-0.15, -0.1) is 0 Å². The van der Waals surface area contributed by atoms with Crippen molar-refractivity contribution in [2.24, 2.45) is 0 Å². The van der Waals surface area contributed by atoms with Crippen LogP contribution in [0.2, 0.25) is 0 Å². The van der Waals surface area contributed by atoms with Gasteiger partial charge in [0.25, 0.3) is 5.91 Å². The molecule has 3 aliphatic rings. The highest BCUT2D eigenvalue weighted by atomic mass is 19.1. The zero-order chi connectivity index (χ0) is 20.5. The number of hydrogen-bond donors (Lipinski definition) is 0. The molecule has 28 heavy (non-hydrogen) atoms. The fourth-order valence-electron chi connectivity index (χ4n) is 4.03. The zero-order valence-electron chi connectivity index (χ0n) is 16.9. The highest BCUT2D eigenvalue weighted by molar-refractivity contribution is 6.62. The molecule has 1 spiro atoms. The first-order valence-corrected chi connectivity index (χ1v) is 9.56. The molecule has 1 saturated carbocycles. The number of esters is 1. The summed E-state index contributed by atoms with van der Waals surface area (Å²) >= 11 is 0. The number of nitrogens with zero attached hydrogens (tertiary/aromatic N) is 1. The number of methoxy groups -OCH3 is 1. The van der Waals surface area contributed by atoms with Gasteiger partial charge in [0.05, 0.1) is 18.3 Å². The van der Waals surface area contributed by atoms with Crippen LogP contribution in [-0.4, -0.2) is 55.3 Å². The third-order valence-electron chi connectivity index (χ3n) is 6.62. The van der Waals surface area contributed by atoms with Crippen LogP contribution in [0.4, 0.5) is 4.39 Å². The molecule has 0 radical (unpaired) electrons. The van der Waals surface area contributed by atoms with Crippen LogP contribution in [0.1, 0.15) is 56.5 Å². The SMILES string of the molecule is COC(=O)CN1CC2(CC2)c2c(ccc(B3OC(C)(C)C(C)(C)O3)c2F)C1=O. The smallest absolute Gasteiger partial charge is 0.468 e. The van der Waals surface area contributed by atoms with Gasteiger partial charge in [-0.2, -0.15) is 0 Å². The molecule has 0 unspecified atom stereocenters. The number of carbonyl (C=O) groups is 2. The Hall–Kier alpha value is -1.93. The average Bonchev–Trinajstić information content (AvgIpc) is 3.33. The quantitative estimate of drug-likeness (QED) is 0.583. The Morgan fingerprint density at radius 1 is 1.21 bits per heavy atom. The van der Waals surface area contributed by atoms with Crippen molar-refractivity contribution < 1.29 is 28.0 Å². The lowest BCUT2D eigenvalue weighted by molar-refractivity contribution is -0.141. The molecule has 1 amide bonds. The summed E-state index contributed by atoms with van der Waals surface area (Å²) in [6.07, 6.45) is 1.55. The highest BCUT2D eigenvalue weighted by Crippen LogP contribution is 2.53. The van der Waals surface area contributed by atoms with Crippen LogP contribution in [0.3, 0.4) is 0 Å². The summed E-state index contributed by atoms with van der Waals surface area (Å²) in [6.45, 7) is 7.86. The summed E-state index contributed by atoms with van der Waals surface area (Å²) in [7, 11) is 0.461. The van der Waals surface area contributed by atoms with E-state index in [0.29, 0.717) is 23.1 Å². The molecular weight excluding hydrogens is 364 g/mol. The number of ether oxygens (including phenoxy) is 1. The van der Waals surface area contributed by atoms with E-state index in [0.717, 1.165) is 12.8 Å². The molecule has 1 aromatic rings. The number of hydrogen-bond acceptors (Lipinski definition) is 5. The monoisotopic (exact) mass is 389 g/mol. The Kier molecular flexibility index (Phi) is 4.18. The molecule has 0 N–H and O–H groups in total. The molecule has 1 aliphatic carbocycles. The van der Waals surface area contributed by atoms with E-state index < -0.39 is 35.5 Å². The molecule has 2 aliphatic heterocycles. The first-order chi connectivity index (χ1) is 13.0. The first-order valence-electron chi connectivity index (χ1n) is 9.56. The van der Waals surface area contributed by atoms with E-state index in [-0.39, 0.29) is 12.5 Å². The van der Waals surface area contributed by atoms with Crippen LogP contribution >= 0.6 is 0 Å². The van der Waals surface area contributed by atoms with Gasteiger partial charge < -0.3 is 18.9 Å². The van der Waals surface area contributed by atoms with Gasteiger partial charge in [-0.3, -0.25) is 9.59 Å². The van der Waals surface area contributed by atoms with Gasteiger partial charge in [0, 0.05) is 28.5 Å². The van der Waals surface area contributed by atoms with Gasteiger partial charge >= 0.3 is 13.1 Å². The zero-order valence-corrected chi connectivity index (χ0v) is 16.9. The second kappa shape index (κ2) is 6.03. The van der Waals surface area contributed by atoms with Crippen LogP contribution < -0.4 is 5.46 Å². The van der Waals surface area contributed by atoms with E-state index in [1.807, 2.05) is 27.7 Å². The second-order valence-corrected chi connectivity index (χ2v) is 9.00. The number of amides is 1. The molecule has 6 nitrogen and oxygen atoms in total. The van der Waals surface area contributed by atoms with Crippen molar-refractivity contribution >= 4 is 24.5 Å². The van der Waals surface area contributed by atoms with Crippen molar-refractivity contribution in [2.45, 2.75) is 57.2 Å². The summed E-state index contributed by atoms with van der Waals surface area (Å²) in [4.78, 5) is 26.0. The van der Waals surface area contributed by atoms with Gasteiger partial charge in [-0.1, -0.05) is 6.07 Å². The van der Waals surface area contributed by atoms with Crippen molar-refractivity contribution in [3.63, 3.8) is 0 Å². The van der Waals surface area contributed by atoms with Crippen molar-refractivity contribution in [2.75, 3.05) is 20.2 Å². The van der Waals surface area contributed by atoms with Crippen LogP contribution in [0.5, 0.6) is 0 Å². The Morgan fingerprint density at radius 2 is 1.82 bits per heavy atom. The lowest BCUT2D eigenvalue weighted by Crippen LogP contribution is -2.48. The lowest BCUT2D eigenvalue weighted by atomic mass is 9.74. The van der Waals surface area contributed by atoms with Crippen molar-refractivity contribution in [3.05, 3.63) is 29.1 Å². The predicted molar refractivity (Wildman–Crippen MR) is 101 cm³/mol. The van der Waals surface area contributed by atoms with Gasteiger partial charge in [0.2, 0.25) is 0 Å². The Labute approximate surface area is 164 Å². The molecule has 8 heteroatoms. The van der Waals surface area contributed by atoms with Gasteiger partial charge in [0.1, 0.15) is 12.4 Å².